The monoisotopic (exact) mass is 306 g/mol. The third kappa shape index (κ3) is 4.60. The van der Waals surface area contributed by atoms with Gasteiger partial charge in [0.15, 0.2) is 0 Å². The fourth-order valence-corrected chi connectivity index (χ4v) is 2.70. The largest absolute Gasteiger partial charge is 0.370 e. The highest BCUT2D eigenvalue weighted by atomic mass is 35.5. The molecule has 1 heterocycles. The van der Waals surface area contributed by atoms with E-state index in [2.05, 4.69) is 0 Å². The Kier molecular flexibility index (Phi) is 5.39. The van der Waals surface area contributed by atoms with Gasteiger partial charge in [0.1, 0.15) is 0 Å². The Hall–Kier alpha value is -1.81. The molecule has 0 bridgehead atoms. The van der Waals surface area contributed by atoms with Crippen LogP contribution in [0.4, 0.5) is 0 Å². The Morgan fingerprint density at radius 3 is 2.67 bits per heavy atom. The van der Waals surface area contributed by atoms with E-state index in [0.29, 0.717) is 11.6 Å². The van der Waals surface area contributed by atoms with Crippen molar-refractivity contribution in [2.75, 3.05) is 6.54 Å². The van der Waals surface area contributed by atoms with E-state index in [1.165, 1.54) is 0 Å². The number of nitrogens with two attached hydrogens (primary N) is 1. The van der Waals surface area contributed by atoms with E-state index in [0.717, 1.165) is 24.8 Å². The summed E-state index contributed by atoms with van der Waals surface area (Å²) in [5, 5.41) is 0.663. The van der Waals surface area contributed by atoms with Gasteiger partial charge in [0.25, 0.3) is 0 Å². The molecule has 1 unspecified atom stereocenters. The summed E-state index contributed by atoms with van der Waals surface area (Å²) in [6.45, 7) is 0.682. The van der Waals surface area contributed by atoms with Crippen molar-refractivity contribution in [1.29, 1.82) is 0 Å². The van der Waals surface area contributed by atoms with Crippen LogP contribution in [0.5, 0.6) is 0 Å². The molecule has 1 fully saturated rings. The van der Waals surface area contributed by atoms with Gasteiger partial charge in [-0.05, 0) is 43.0 Å². The van der Waals surface area contributed by atoms with Crippen molar-refractivity contribution in [3.63, 3.8) is 0 Å². The number of benzene rings is 1. The number of rotatable bonds is 4. The number of hydrogen-bond acceptors (Lipinski definition) is 2. The van der Waals surface area contributed by atoms with Crippen LogP contribution in [0.3, 0.4) is 0 Å². The van der Waals surface area contributed by atoms with Crippen molar-refractivity contribution in [2.24, 2.45) is 5.73 Å². The molecule has 1 aliphatic heterocycles. The Morgan fingerprint density at radius 2 is 2.00 bits per heavy atom. The number of likely N-dealkylation sites (tertiary alicyclic amines) is 1. The molecule has 21 heavy (non-hydrogen) atoms. The average molecular weight is 307 g/mol. The SMILES string of the molecule is NC(=O)CC1CCCCN1C(=O)/C=C/c1ccc(Cl)cc1. The predicted octanol–water partition coefficient (Wildman–Crippen LogP) is 2.61. The molecule has 2 rings (SSSR count). The van der Waals surface area contributed by atoms with Crippen molar-refractivity contribution >= 4 is 29.5 Å². The molecular formula is C16H19ClN2O2. The van der Waals surface area contributed by atoms with E-state index in [1.807, 2.05) is 12.1 Å². The molecule has 1 saturated heterocycles. The molecule has 2 amide bonds. The fraction of sp³-hybridized carbons (Fsp3) is 0.375. The van der Waals surface area contributed by atoms with Crippen molar-refractivity contribution in [1.82, 2.24) is 4.90 Å². The minimum Gasteiger partial charge on any atom is -0.370 e. The van der Waals surface area contributed by atoms with Crippen molar-refractivity contribution in [3.05, 3.63) is 40.9 Å². The first-order valence-corrected chi connectivity index (χ1v) is 7.46. The zero-order valence-electron chi connectivity index (χ0n) is 11.8. The van der Waals surface area contributed by atoms with E-state index >= 15 is 0 Å². The molecule has 0 radical (unpaired) electrons. The lowest BCUT2D eigenvalue weighted by Crippen LogP contribution is -2.44. The Labute approximate surface area is 129 Å². The first-order valence-electron chi connectivity index (χ1n) is 7.09. The van der Waals surface area contributed by atoms with Gasteiger partial charge in [-0.1, -0.05) is 23.7 Å². The second-order valence-corrected chi connectivity index (χ2v) is 5.67. The van der Waals surface area contributed by atoms with Crippen LogP contribution in [-0.4, -0.2) is 29.3 Å². The molecule has 1 aromatic carbocycles. The van der Waals surface area contributed by atoms with E-state index in [-0.39, 0.29) is 24.3 Å². The van der Waals surface area contributed by atoms with E-state index in [9.17, 15) is 9.59 Å². The third-order valence-corrected chi connectivity index (χ3v) is 3.89. The summed E-state index contributed by atoms with van der Waals surface area (Å²) < 4.78 is 0. The molecular weight excluding hydrogens is 288 g/mol. The summed E-state index contributed by atoms with van der Waals surface area (Å²) in [6.07, 6.45) is 6.37. The molecule has 1 aromatic rings. The summed E-state index contributed by atoms with van der Waals surface area (Å²) in [6, 6.07) is 7.19. The second-order valence-electron chi connectivity index (χ2n) is 5.24. The maximum absolute atomic E-state index is 12.3. The zero-order valence-corrected chi connectivity index (χ0v) is 12.6. The number of piperidine rings is 1. The number of carbonyl (C=O) groups is 2. The van der Waals surface area contributed by atoms with Crippen LogP contribution in [0.1, 0.15) is 31.2 Å². The van der Waals surface area contributed by atoms with E-state index in [4.69, 9.17) is 17.3 Å². The minimum atomic E-state index is -0.360. The maximum atomic E-state index is 12.3. The molecule has 1 atom stereocenters. The van der Waals surface area contributed by atoms with Crippen LogP contribution in [-0.2, 0) is 9.59 Å². The number of nitrogens with zero attached hydrogens (tertiary/aromatic N) is 1. The summed E-state index contributed by atoms with van der Waals surface area (Å²) in [5.41, 5.74) is 6.17. The first kappa shape index (κ1) is 15.6. The van der Waals surface area contributed by atoms with Crippen LogP contribution in [0.25, 0.3) is 6.08 Å². The predicted molar refractivity (Wildman–Crippen MR) is 83.6 cm³/mol. The van der Waals surface area contributed by atoms with Crippen molar-refractivity contribution in [3.8, 4) is 0 Å². The second kappa shape index (κ2) is 7.27. The fourth-order valence-electron chi connectivity index (χ4n) is 2.57. The molecule has 5 heteroatoms. The lowest BCUT2D eigenvalue weighted by atomic mass is 9.99. The molecule has 0 spiro atoms. The van der Waals surface area contributed by atoms with Crippen LogP contribution in [0, 0.1) is 0 Å². The highest BCUT2D eigenvalue weighted by Gasteiger charge is 2.26. The number of carbonyl (C=O) groups excluding carboxylic acids is 2. The molecule has 2 N–H and O–H groups in total. The molecule has 0 aliphatic carbocycles. The van der Waals surface area contributed by atoms with Crippen LogP contribution >= 0.6 is 11.6 Å². The first-order chi connectivity index (χ1) is 10.1. The maximum Gasteiger partial charge on any atom is 0.246 e. The lowest BCUT2D eigenvalue weighted by Gasteiger charge is -2.34. The van der Waals surface area contributed by atoms with Gasteiger partial charge in [-0.15, -0.1) is 0 Å². The number of primary amides is 1. The molecule has 4 nitrogen and oxygen atoms in total. The van der Waals surface area contributed by atoms with Crippen LogP contribution in [0.2, 0.25) is 5.02 Å². The van der Waals surface area contributed by atoms with Gasteiger partial charge in [-0.3, -0.25) is 9.59 Å². The van der Waals surface area contributed by atoms with Crippen LogP contribution in [0.15, 0.2) is 30.3 Å². The van der Waals surface area contributed by atoms with Gasteiger partial charge in [0.05, 0.1) is 0 Å². The van der Waals surface area contributed by atoms with Gasteiger partial charge < -0.3 is 10.6 Å². The summed E-state index contributed by atoms with van der Waals surface area (Å²) >= 11 is 5.82. The van der Waals surface area contributed by atoms with Gasteiger partial charge in [0, 0.05) is 30.1 Å². The lowest BCUT2D eigenvalue weighted by molar-refractivity contribution is -0.130. The Balaban J connectivity index is 2.03. The van der Waals surface area contributed by atoms with Gasteiger partial charge in [-0.2, -0.15) is 0 Å². The molecule has 112 valence electrons. The molecule has 0 saturated carbocycles. The standard InChI is InChI=1S/C16H19ClN2O2/c17-13-7-4-12(5-8-13)6-9-16(21)19-10-2-1-3-14(19)11-15(18)20/h4-9,14H,1-3,10-11H2,(H2,18,20)/b9-6+. The molecule has 1 aliphatic rings. The highest BCUT2D eigenvalue weighted by molar-refractivity contribution is 6.30. The quantitative estimate of drug-likeness (QED) is 0.869. The average Bonchev–Trinajstić information content (AvgIpc) is 2.46. The number of amides is 2. The van der Waals surface area contributed by atoms with Crippen LogP contribution < -0.4 is 5.73 Å². The number of halogens is 1. The van der Waals surface area contributed by atoms with E-state index in [1.54, 1.807) is 29.2 Å². The van der Waals surface area contributed by atoms with Gasteiger partial charge in [0.2, 0.25) is 11.8 Å². The number of hydrogen-bond donors (Lipinski definition) is 1. The minimum absolute atomic E-state index is 0.0707. The smallest absolute Gasteiger partial charge is 0.246 e. The summed E-state index contributed by atoms with van der Waals surface area (Å²) in [5.74, 6) is -0.433. The van der Waals surface area contributed by atoms with E-state index < -0.39 is 0 Å². The van der Waals surface area contributed by atoms with Crippen molar-refractivity contribution in [2.45, 2.75) is 31.7 Å². The Morgan fingerprint density at radius 1 is 1.29 bits per heavy atom. The topological polar surface area (TPSA) is 63.4 Å². The zero-order chi connectivity index (χ0) is 15.2. The normalized spacial score (nSPS) is 18.9. The third-order valence-electron chi connectivity index (χ3n) is 3.64. The van der Waals surface area contributed by atoms with Gasteiger partial charge in [-0.25, -0.2) is 0 Å². The summed E-state index contributed by atoms with van der Waals surface area (Å²) in [7, 11) is 0. The molecule has 0 aromatic heterocycles. The Bertz CT molecular complexity index is 540. The van der Waals surface area contributed by atoms with Gasteiger partial charge >= 0.3 is 0 Å². The van der Waals surface area contributed by atoms with Crippen molar-refractivity contribution < 1.29 is 9.59 Å². The summed E-state index contributed by atoms with van der Waals surface area (Å²) in [4.78, 5) is 25.1. The highest BCUT2D eigenvalue weighted by Crippen LogP contribution is 2.20.